The van der Waals surface area contributed by atoms with Crippen LogP contribution in [0.25, 0.3) is 0 Å². The Hall–Kier alpha value is -1.55. The zero-order chi connectivity index (χ0) is 12.8. The Morgan fingerprint density at radius 2 is 2.00 bits per heavy atom. The number of hydrogen-bond acceptors (Lipinski definition) is 2. The molecule has 1 aromatic heterocycles. The van der Waals surface area contributed by atoms with Crippen molar-refractivity contribution in [3.8, 4) is 0 Å². The van der Waals surface area contributed by atoms with Gasteiger partial charge >= 0.3 is 0 Å². The van der Waals surface area contributed by atoms with Gasteiger partial charge in [0, 0.05) is 6.54 Å². The summed E-state index contributed by atoms with van der Waals surface area (Å²) in [6.45, 7) is 2.75. The number of halogens is 2. The van der Waals surface area contributed by atoms with Gasteiger partial charge in [-0.15, -0.1) is 12.4 Å². The Kier molecular flexibility index (Phi) is 6.36. The van der Waals surface area contributed by atoms with Crippen molar-refractivity contribution < 1.29 is 4.39 Å². The molecule has 2 rings (SSSR count). The number of anilines is 1. The molecule has 0 atom stereocenters. The van der Waals surface area contributed by atoms with Crippen LogP contribution >= 0.6 is 12.4 Å². The number of hydrogen-bond donors (Lipinski definition) is 1. The van der Waals surface area contributed by atoms with Crippen LogP contribution in [0, 0.1) is 6.92 Å². The second-order valence-electron chi connectivity index (χ2n) is 4.22. The van der Waals surface area contributed by atoms with Crippen LogP contribution in [0.2, 0.25) is 0 Å². The zero-order valence-electron chi connectivity index (χ0n) is 11.0. The Morgan fingerprint density at radius 1 is 1.26 bits per heavy atom. The van der Waals surface area contributed by atoms with Crippen LogP contribution in [0.1, 0.15) is 11.3 Å². The summed E-state index contributed by atoms with van der Waals surface area (Å²) >= 11 is 0. The molecule has 5 heteroatoms. The first-order valence-electron chi connectivity index (χ1n) is 6.17. The smallest absolute Gasteiger partial charge is 0.109 e. The molecule has 19 heavy (non-hydrogen) atoms. The minimum Gasteiger partial charge on any atom is -0.382 e. The number of nitrogens with one attached hydrogen (secondary N) is 1. The number of nitrogens with zero attached hydrogens (tertiary/aromatic N) is 2. The Bertz CT molecular complexity index is 485. The number of aryl methyl sites for hydroxylation is 1. The van der Waals surface area contributed by atoms with Crippen molar-refractivity contribution in [3.63, 3.8) is 0 Å². The molecule has 3 nitrogen and oxygen atoms in total. The molecule has 0 radical (unpaired) electrons. The first-order chi connectivity index (χ1) is 8.81. The van der Waals surface area contributed by atoms with Crippen molar-refractivity contribution >= 4 is 18.1 Å². The summed E-state index contributed by atoms with van der Waals surface area (Å²) in [5.74, 6) is 0. The maximum atomic E-state index is 12.3. The summed E-state index contributed by atoms with van der Waals surface area (Å²) in [5.41, 5.74) is 3.28. The highest BCUT2D eigenvalue weighted by molar-refractivity contribution is 5.85. The third-order valence-corrected chi connectivity index (χ3v) is 2.97. The molecule has 0 aliphatic rings. The maximum Gasteiger partial charge on any atom is 0.109 e. The van der Waals surface area contributed by atoms with Crippen molar-refractivity contribution in [1.29, 1.82) is 0 Å². The van der Waals surface area contributed by atoms with Gasteiger partial charge in [-0.2, -0.15) is 5.10 Å². The van der Waals surface area contributed by atoms with Crippen molar-refractivity contribution in [1.82, 2.24) is 9.78 Å². The van der Waals surface area contributed by atoms with Crippen LogP contribution in [-0.4, -0.2) is 23.0 Å². The lowest BCUT2D eigenvalue weighted by atomic mass is 10.1. The van der Waals surface area contributed by atoms with Gasteiger partial charge in [-0.1, -0.05) is 30.3 Å². The molecule has 0 saturated carbocycles. The summed E-state index contributed by atoms with van der Waals surface area (Å²) in [7, 11) is 0. The van der Waals surface area contributed by atoms with E-state index in [-0.39, 0.29) is 19.1 Å². The van der Waals surface area contributed by atoms with E-state index in [1.54, 1.807) is 10.9 Å². The lowest BCUT2D eigenvalue weighted by molar-refractivity contribution is 0.423. The summed E-state index contributed by atoms with van der Waals surface area (Å²) in [4.78, 5) is 0. The molecule has 1 heterocycles. The van der Waals surface area contributed by atoms with E-state index in [1.807, 2.05) is 25.1 Å². The van der Waals surface area contributed by atoms with E-state index < -0.39 is 0 Å². The second kappa shape index (κ2) is 7.79. The maximum absolute atomic E-state index is 12.3. The fourth-order valence-corrected chi connectivity index (χ4v) is 1.91. The molecule has 0 bridgehead atoms. The van der Waals surface area contributed by atoms with Gasteiger partial charge in [0.05, 0.1) is 24.1 Å². The number of alkyl halides is 1. The first-order valence-corrected chi connectivity index (χ1v) is 6.17. The van der Waals surface area contributed by atoms with Crippen molar-refractivity contribution in [2.24, 2.45) is 0 Å². The SMILES string of the molecule is Cc1c(NCCc2ccccc2)cnn1CCF.Cl. The molecule has 0 unspecified atom stereocenters. The summed E-state index contributed by atoms with van der Waals surface area (Å²) in [6, 6.07) is 10.3. The van der Waals surface area contributed by atoms with Crippen LogP contribution in [0.4, 0.5) is 10.1 Å². The highest BCUT2D eigenvalue weighted by Gasteiger charge is 2.05. The topological polar surface area (TPSA) is 29.9 Å². The molecule has 0 saturated heterocycles. The molecule has 1 N–H and O–H groups in total. The predicted molar refractivity (Wildman–Crippen MR) is 78.8 cm³/mol. The summed E-state index contributed by atoms with van der Waals surface area (Å²) in [5, 5.41) is 7.48. The number of rotatable bonds is 6. The lowest BCUT2D eigenvalue weighted by Crippen LogP contribution is -2.07. The van der Waals surface area contributed by atoms with Crippen molar-refractivity contribution in [2.45, 2.75) is 19.9 Å². The average molecular weight is 284 g/mol. The van der Waals surface area contributed by atoms with Gasteiger partial charge < -0.3 is 5.32 Å². The highest BCUT2D eigenvalue weighted by Crippen LogP contribution is 2.13. The van der Waals surface area contributed by atoms with E-state index in [0.29, 0.717) is 6.54 Å². The van der Waals surface area contributed by atoms with Crippen LogP contribution < -0.4 is 5.32 Å². The summed E-state index contributed by atoms with van der Waals surface area (Å²) < 4.78 is 13.9. The van der Waals surface area contributed by atoms with Gasteiger partial charge in [0.2, 0.25) is 0 Å². The molecular formula is C14H19ClFN3. The van der Waals surface area contributed by atoms with Crippen LogP contribution in [0.15, 0.2) is 36.5 Å². The van der Waals surface area contributed by atoms with Gasteiger partial charge in [-0.25, -0.2) is 4.39 Å². The molecule has 0 amide bonds. The average Bonchev–Trinajstić information content (AvgIpc) is 2.73. The van der Waals surface area contributed by atoms with Crippen molar-refractivity contribution in [3.05, 3.63) is 47.8 Å². The minimum atomic E-state index is -0.383. The lowest BCUT2D eigenvalue weighted by Gasteiger charge is -2.06. The number of aromatic nitrogens is 2. The molecular weight excluding hydrogens is 265 g/mol. The van der Waals surface area contributed by atoms with E-state index in [9.17, 15) is 4.39 Å². The Balaban J connectivity index is 0.00000180. The molecule has 1 aromatic carbocycles. The summed E-state index contributed by atoms with van der Waals surface area (Å²) in [6.07, 6.45) is 2.73. The van der Waals surface area contributed by atoms with E-state index in [4.69, 9.17) is 0 Å². The van der Waals surface area contributed by atoms with Crippen LogP contribution in [0.5, 0.6) is 0 Å². The Labute approximate surface area is 119 Å². The molecule has 0 aliphatic carbocycles. The third kappa shape index (κ3) is 4.24. The van der Waals surface area contributed by atoms with Crippen molar-refractivity contribution in [2.75, 3.05) is 18.5 Å². The third-order valence-electron chi connectivity index (χ3n) is 2.97. The molecule has 2 aromatic rings. The number of benzene rings is 1. The van der Waals surface area contributed by atoms with Gasteiger partial charge in [0.1, 0.15) is 6.67 Å². The second-order valence-corrected chi connectivity index (χ2v) is 4.22. The van der Waals surface area contributed by atoms with E-state index in [1.165, 1.54) is 5.56 Å². The monoisotopic (exact) mass is 283 g/mol. The molecule has 0 spiro atoms. The standard InChI is InChI=1S/C14H18FN3.ClH/c1-12-14(11-17-18(12)10-8-15)16-9-7-13-5-3-2-4-6-13;/h2-6,11,16H,7-10H2,1H3;1H. The normalized spacial score (nSPS) is 10.0. The fourth-order valence-electron chi connectivity index (χ4n) is 1.91. The van der Waals surface area contributed by atoms with Crippen LogP contribution in [0.3, 0.4) is 0 Å². The first kappa shape index (κ1) is 15.5. The van der Waals surface area contributed by atoms with Gasteiger partial charge in [0.15, 0.2) is 0 Å². The van der Waals surface area contributed by atoms with E-state index in [0.717, 1.165) is 24.3 Å². The zero-order valence-corrected chi connectivity index (χ0v) is 11.8. The largest absolute Gasteiger partial charge is 0.382 e. The fraction of sp³-hybridized carbons (Fsp3) is 0.357. The predicted octanol–water partition coefficient (Wildman–Crippen LogP) is 3.24. The molecule has 104 valence electrons. The van der Waals surface area contributed by atoms with Gasteiger partial charge in [0.25, 0.3) is 0 Å². The molecule has 0 fully saturated rings. The van der Waals surface area contributed by atoms with Gasteiger partial charge in [-0.3, -0.25) is 4.68 Å². The highest BCUT2D eigenvalue weighted by atomic mass is 35.5. The van der Waals surface area contributed by atoms with E-state index >= 15 is 0 Å². The Morgan fingerprint density at radius 3 is 2.68 bits per heavy atom. The minimum absolute atomic E-state index is 0. The van der Waals surface area contributed by atoms with E-state index in [2.05, 4.69) is 22.5 Å². The molecule has 0 aliphatic heterocycles. The van der Waals surface area contributed by atoms with Crippen LogP contribution in [-0.2, 0) is 13.0 Å². The quantitative estimate of drug-likeness (QED) is 0.882. The van der Waals surface area contributed by atoms with Gasteiger partial charge in [-0.05, 0) is 18.9 Å².